The zero-order valence-electron chi connectivity index (χ0n) is 10.9. The van der Waals surface area contributed by atoms with Gasteiger partial charge in [0.15, 0.2) is 0 Å². The first-order valence-electron chi connectivity index (χ1n) is 6.90. The third-order valence-corrected chi connectivity index (χ3v) is 3.45. The first kappa shape index (κ1) is 13.9. The largest absolute Gasteiger partial charge is 0.390 e. The molecule has 0 bridgehead atoms. The second-order valence-corrected chi connectivity index (χ2v) is 4.89. The van der Waals surface area contributed by atoms with Gasteiger partial charge in [-0.3, -0.25) is 4.90 Å². The molecule has 0 aromatic rings. The average Bonchev–Trinajstić information content (AvgIpc) is 2.29. The minimum atomic E-state index is -0.211. The fourth-order valence-corrected chi connectivity index (χ4v) is 2.61. The van der Waals surface area contributed by atoms with E-state index in [1.54, 1.807) is 0 Å². The van der Waals surface area contributed by atoms with Crippen LogP contribution in [0.4, 0.5) is 0 Å². The third kappa shape index (κ3) is 4.81. The van der Waals surface area contributed by atoms with Gasteiger partial charge in [0.2, 0.25) is 0 Å². The van der Waals surface area contributed by atoms with Crippen molar-refractivity contribution in [3.05, 3.63) is 0 Å². The van der Waals surface area contributed by atoms with Crippen LogP contribution in [-0.2, 0) is 0 Å². The van der Waals surface area contributed by atoms with Crippen molar-refractivity contribution in [1.29, 1.82) is 0 Å². The van der Waals surface area contributed by atoms with Gasteiger partial charge >= 0.3 is 0 Å². The van der Waals surface area contributed by atoms with E-state index in [2.05, 4.69) is 24.1 Å². The quantitative estimate of drug-likeness (QED) is 0.695. The second kappa shape index (κ2) is 8.04. The summed E-state index contributed by atoms with van der Waals surface area (Å²) in [5.74, 6) is 0. The average molecular weight is 228 g/mol. The van der Waals surface area contributed by atoms with Gasteiger partial charge in [-0.25, -0.2) is 0 Å². The van der Waals surface area contributed by atoms with Crippen molar-refractivity contribution in [2.75, 3.05) is 26.2 Å². The monoisotopic (exact) mass is 228 g/mol. The van der Waals surface area contributed by atoms with Crippen LogP contribution in [-0.4, -0.2) is 48.3 Å². The van der Waals surface area contributed by atoms with Crippen molar-refractivity contribution < 1.29 is 5.11 Å². The number of hydrogen-bond donors (Lipinski definition) is 2. The van der Waals surface area contributed by atoms with Crippen LogP contribution in [0, 0.1) is 0 Å². The summed E-state index contributed by atoms with van der Waals surface area (Å²) < 4.78 is 0. The van der Waals surface area contributed by atoms with Gasteiger partial charge in [-0.1, -0.05) is 26.7 Å². The minimum Gasteiger partial charge on any atom is -0.390 e. The molecule has 0 saturated carbocycles. The molecule has 0 spiro atoms. The van der Waals surface area contributed by atoms with E-state index in [-0.39, 0.29) is 6.10 Å². The van der Waals surface area contributed by atoms with E-state index in [0.717, 1.165) is 25.7 Å². The molecule has 1 aliphatic heterocycles. The van der Waals surface area contributed by atoms with Crippen molar-refractivity contribution in [2.24, 2.45) is 0 Å². The third-order valence-electron chi connectivity index (χ3n) is 3.45. The Labute approximate surface area is 100 Å². The molecule has 2 unspecified atom stereocenters. The maximum Gasteiger partial charge on any atom is 0.0791 e. The number of likely N-dealkylation sites (N-methyl/N-ethyl adjacent to an activating group) is 1. The first-order chi connectivity index (χ1) is 7.77. The molecule has 2 N–H and O–H groups in total. The normalized spacial score (nSPS) is 24.6. The van der Waals surface area contributed by atoms with Crippen LogP contribution < -0.4 is 5.32 Å². The van der Waals surface area contributed by atoms with E-state index in [4.69, 9.17) is 0 Å². The zero-order chi connectivity index (χ0) is 11.8. The molecule has 1 heterocycles. The Hall–Kier alpha value is -0.120. The van der Waals surface area contributed by atoms with E-state index < -0.39 is 0 Å². The molecule has 0 amide bonds. The molecule has 1 aliphatic rings. The number of rotatable bonds is 7. The van der Waals surface area contributed by atoms with Crippen molar-refractivity contribution >= 4 is 0 Å². The van der Waals surface area contributed by atoms with E-state index in [0.29, 0.717) is 0 Å². The number of likely N-dealkylation sites (tertiary alicyclic amines) is 1. The van der Waals surface area contributed by atoms with Crippen LogP contribution >= 0.6 is 0 Å². The number of aliphatic hydroxyl groups excluding tert-OH is 1. The number of nitrogens with one attached hydrogen (secondary N) is 1. The van der Waals surface area contributed by atoms with Gasteiger partial charge in [-0.2, -0.15) is 0 Å². The highest BCUT2D eigenvalue weighted by Crippen LogP contribution is 2.20. The summed E-state index contributed by atoms with van der Waals surface area (Å²) >= 11 is 0. The summed E-state index contributed by atoms with van der Waals surface area (Å²) in [6, 6.07) is 0.718. The summed E-state index contributed by atoms with van der Waals surface area (Å²) in [5, 5.41) is 13.1. The molecule has 0 aromatic carbocycles. The first-order valence-corrected chi connectivity index (χ1v) is 6.90. The van der Waals surface area contributed by atoms with Crippen molar-refractivity contribution in [3.63, 3.8) is 0 Å². The molecule has 0 aliphatic carbocycles. The molecule has 16 heavy (non-hydrogen) atoms. The Balaban J connectivity index is 2.30. The SMILES string of the molecule is CCCC1CCCCN1CC(O)CNCC. The minimum absolute atomic E-state index is 0.211. The Morgan fingerprint density at radius 2 is 2.19 bits per heavy atom. The van der Waals surface area contributed by atoms with Crippen LogP contribution in [0.15, 0.2) is 0 Å². The van der Waals surface area contributed by atoms with Crippen LogP contribution in [0.5, 0.6) is 0 Å². The predicted molar refractivity (Wildman–Crippen MR) is 68.7 cm³/mol. The van der Waals surface area contributed by atoms with E-state index in [1.807, 2.05) is 0 Å². The molecule has 1 saturated heterocycles. The Morgan fingerprint density at radius 1 is 1.38 bits per heavy atom. The van der Waals surface area contributed by atoms with Crippen LogP contribution in [0.1, 0.15) is 46.0 Å². The van der Waals surface area contributed by atoms with Crippen molar-refractivity contribution in [1.82, 2.24) is 10.2 Å². The van der Waals surface area contributed by atoms with Crippen LogP contribution in [0.3, 0.4) is 0 Å². The van der Waals surface area contributed by atoms with E-state index >= 15 is 0 Å². The Kier molecular flexibility index (Phi) is 7.01. The van der Waals surface area contributed by atoms with Crippen LogP contribution in [0.2, 0.25) is 0 Å². The number of aliphatic hydroxyl groups is 1. The fourth-order valence-electron chi connectivity index (χ4n) is 2.61. The summed E-state index contributed by atoms with van der Waals surface area (Å²) in [6.45, 7) is 8.02. The molecule has 0 radical (unpaired) electrons. The van der Waals surface area contributed by atoms with Gasteiger partial charge < -0.3 is 10.4 Å². The Morgan fingerprint density at radius 3 is 2.88 bits per heavy atom. The molecule has 1 fully saturated rings. The summed E-state index contributed by atoms with van der Waals surface area (Å²) in [5.41, 5.74) is 0. The number of β-amino-alcohol motifs (C(OH)–C–C–N with tert-alkyl or cyclic N) is 1. The van der Waals surface area contributed by atoms with Gasteiger partial charge in [0.05, 0.1) is 6.10 Å². The lowest BCUT2D eigenvalue weighted by Crippen LogP contribution is -2.46. The highest BCUT2D eigenvalue weighted by atomic mass is 16.3. The molecular weight excluding hydrogens is 200 g/mol. The van der Waals surface area contributed by atoms with Gasteiger partial charge in [-0.05, 0) is 32.4 Å². The lowest BCUT2D eigenvalue weighted by Gasteiger charge is -2.37. The Bertz CT molecular complexity index is 173. The van der Waals surface area contributed by atoms with Crippen molar-refractivity contribution in [3.8, 4) is 0 Å². The molecule has 96 valence electrons. The number of hydrogen-bond acceptors (Lipinski definition) is 3. The lowest BCUT2D eigenvalue weighted by atomic mass is 9.98. The zero-order valence-corrected chi connectivity index (χ0v) is 10.9. The summed E-state index contributed by atoms with van der Waals surface area (Å²) in [4.78, 5) is 2.50. The molecular formula is C13H28N2O. The predicted octanol–water partition coefficient (Wildman–Crippen LogP) is 1.61. The highest BCUT2D eigenvalue weighted by molar-refractivity contribution is 4.79. The standard InChI is InChI=1S/C13H28N2O/c1-3-7-12-8-5-6-9-15(12)11-13(16)10-14-4-2/h12-14,16H,3-11H2,1-2H3. The van der Waals surface area contributed by atoms with Gasteiger partial charge in [-0.15, -0.1) is 0 Å². The van der Waals surface area contributed by atoms with Gasteiger partial charge in [0.25, 0.3) is 0 Å². The topological polar surface area (TPSA) is 35.5 Å². The smallest absolute Gasteiger partial charge is 0.0791 e. The van der Waals surface area contributed by atoms with E-state index in [9.17, 15) is 5.11 Å². The maximum atomic E-state index is 9.91. The van der Waals surface area contributed by atoms with Crippen LogP contribution in [0.25, 0.3) is 0 Å². The number of piperidine rings is 1. The fraction of sp³-hybridized carbons (Fsp3) is 1.00. The second-order valence-electron chi connectivity index (χ2n) is 4.89. The summed E-state index contributed by atoms with van der Waals surface area (Å²) in [7, 11) is 0. The van der Waals surface area contributed by atoms with E-state index in [1.165, 1.54) is 38.6 Å². The molecule has 0 aromatic heterocycles. The summed E-state index contributed by atoms with van der Waals surface area (Å²) in [6.07, 6.45) is 6.32. The van der Waals surface area contributed by atoms with Gasteiger partial charge in [0, 0.05) is 19.1 Å². The van der Waals surface area contributed by atoms with Crippen molar-refractivity contribution in [2.45, 2.75) is 58.1 Å². The highest BCUT2D eigenvalue weighted by Gasteiger charge is 2.23. The number of nitrogens with zero attached hydrogens (tertiary/aromatic N) is 1. The lowest BCUT2D eigenvalue weighted by molar-refractivity contribution is 0.0640. The molecule has 1 rings (SSSR count). The van der Waals surface area contributed by atoms with Gasteiger partial charge in [0.1, 0.15) is 0 Å². The maximum absolute atomic E-state index is 9.91. The molecule has 2 atom stereocenters. The molecule has 3 nitrogen and oxygen atoms in total. The molecule has 3 heteroatoms.